The van der Waals surface area contributed by atoms with E-state index in [0.29, 0.717) is 67.2 Å². The van der Waals surface area contributed by atoms with Crippen molar-refractivity contribution >= 4 is 5.69 Å². The molecule has 0 radical (unpaired) electrons. The first-order valence-electron chi connectivity index (χ1n) is 23.1. The van der Waals surface area contributed by atoms with E-state index in [0.717, 1.165) is 42.6 Å². The van der Waals surface area contributed by atoms with Gasteiger partial charge in [-0.3, -0.25) is 23.6 Å². The van der Waals surface area contributed by atoms with E-state index in [2.05, 4.69) is 45.7 Å². The number of aryl methyl sites for hydroxylation is 7. The molecule has 3 aliphatic rings. The fourth-order valence-electron chi connectivity index (χ4n) is 8.88. The number of piperidine rings is 1. The number of aromatic amines is 1. The summed E-state index contributed by atoms with van der Waals surface area (Å²) >= 11 is 0. The zero-order valence-corrected chi connectivity index (χ0v) is 40.7. The summed E-state index contributed by atoms with van der Waals surface area (Å²) in [6.07, 6.45) is 17.2. The van der Waals surface area contributed by atoms with Gasteiger partial charge in [-0.05, 0) is 64.2 Å². The number of nitrogens with two attached hydrogens (primary N) is 1. The molecule has 0 aliphatic carbocycles. The van der Waals surface area contributed by atoms with Crippen LogP contribution in [0.4, 0.5) is 10.1 Å². The van der Waals surface area contributed by atoms with E-state index in [4.69, 9.17) is 15.2 Å². The number of nitrogens with one attached hydrogen (secondary N) is 1. The highest BCUT2D eigenvalue weighted by Gasteiger charge is 2.41. The van der Waals surface area contributed by atoms with Crippen molar-refractivity contribution in [3.63, 3.8) is 0 Å². The summed E-state index contributed by atoms with van der Waals surface area (Å²) in [7, 11) is 7.23. The number of halogens is 1. The molecule has 4 N–H and O–H groups in total. The van der Waals surface area contributed by atoms with E-state index in [1.165, 1.54) is 30.6 Å². The second-order valence-corrected chi connectivity index (χ2v) is 17.9. The number of aliphatic hydroxyl groups is 1. The van der Waals surface area contributed by atoms with Gasteiger partial charge in [0.2, 0.25) is 0 Å². The summed E-state index contributed by atoms with van der Waals surface area (Å²) in [5.41, 5.74) is 8.42. The maximum Gasteiger partial charge on any atom is 0.350 e. The molecule has 3 saturated heterocycles. The predicted octanol–water partition coefficient (Wildman–Crippen LogP) is 0.868. The Morgan fingerprint density at radius 3 is 1.69 bits per heavy atom. The van der Waals surface area contributed by atoms with Crippen LogP contribution in [0.15, 0.2) is 88.2 Å². The van der Waals surface area contributed by atoms with Crippen LogP contribution in [0.25, 0.3) is 17.1 Å². The highest BCUT2D eigenvalue weighted by molar-refractivity contribution is 5.30. The molecule has 1 aromatic carbocycles. The Bertz CT molecular complexity index is 3170. The van der Waals surface area contributed by atoms with E-state index in [1.54, 1.807) is 120 Å². The maximum absolute atomic E-state index is 13.1. The molecule has 3 fully saturated rings. The Morgan fingerprint density at radius 1 is 0.732 bits per heavy atom. The van der Waals surface area contributed by atoms with Crippen LogP contribution < -0.4 is 22.8 Å². The van der Waals surface area contributed by atoms with Crippen LogP contribution in [-0.2, 0) is 57.4 Å². The zero-order chi connectivity index (χ0) is 50.5. The Balaban J connectivity index is 0.000000150. The number of nitrogens with zero attached hydrogens (tertiary/aromatic N) is 17. The normalized spacial score (nSPS) is 18.5. The van der Waals surface area contributed by atoms with Crippen molar-refractivity contribution in [3.8, 4) is 17.1 Å². The van der Waals surface area contributed by atoms with Gasteiger partial charge in [0.15, 0.2) is 0 Å². The molecule has 0 amide bonds. The number of hydrogen-bond donors (Lipinski definition) is 3. The van der Waals surface area contributed by atoms with E-state index >= 15 is 0 Å². The topological polar surface area (TPSA) is 273 Å². The summed E-state index contributed by atoms with van der Waals surface area (Å²) in [6.45, 7) is 7.70. The second kappa shape index (κ2) is 21.6. The fraction of sp³-hybridized carbons (Fsp3) is 0.467. The van der Waals surface area contributed by atoms with Crippen LogP contribution >= 0.6 is 0 Å². The number of aliphatic hydroxyl groups excluding tert-OH is 1. The van der Waals surface area contributed by atoms with Gasteiger partial charge >= 0.3 is 17.1 Å². The number of aromatic nitrogens is 17. The van der Waals surface area contributed by atoms with Crippen LogP contribution in [0.1, 0.15) is 48.7 Å². The molecule has 0 spiro atoms. The molecule has 10 heterocycles. The number of H-pyrrole nitrogens is 1. The standard InChI is InChI=1S/C24H31FN6O3.C10H13N5O2.C7H9N5O.C4H7N3/c1-16-27-30(24(33)31(16)21-11-26-28(2)12-21)14-22(32)13-29-19-7-8-20(29)10-23(9-19)34-15-17-3-5-18(25)6-4-17;1-7-12-14(5-9-6-17-9)10(16)15(7)8-3-11-13(2)4-8;1-5-9-10-7(13)12(5)6-3-8-11(2)4-6;1-7-3-4(5)2-6-7/h3-6,11-12,19-20,22-23,32H,7-10,13-15H2,1-2H3;3-4,9H,5-6H2,1-2H3;3-4H,1-2H3,(H,10,13);2-3H,5H2,1H3/t19?,20?,22-,23?;9-;;/m10../s1. The van der Waals surface area contributed by atoms with E-state index < -0.39 is 6.10 Å². The molecule has 2 bridgehead atoms. The van der Waals surface area contributed by atoms with Gasteiger partial charge in [-0.25, -0.2) is 46.9 Å². The quantitative estimate of drug-likeness (QED) is 0.143. The lowest BCUT2D eigenvalue weighted by Gasteiger charge is -2.39. The number of hydrogen-bond acceptors (Lipinski definition) is 15. The third-order valence-corrected chi connectivity index (χ3v) is 12.2. The smallest absolute Gasteiger partial charge is 0.350 e. The Morgan fingerprint density at radius 2 is 1.24 bits per heavy atom. The summed E-state index contributed by atoms with van der Waals surface area (Å²) < 4.78 is 38.2. The van der Waals surface area contributed by atoms with Gasteiger partial charge in [-0.2, -0.15) is 35.7 Å². The lowest BCUT2D eigenvalue weighted by molar-refractivity contribution is -0.0402. The molecule has 4 atom stereocenters. The first-order valence-corrected chi connectivity index (χ1v) is 23.1. The molecular formula is C45H60FN19O6. The number of ether oxygens (including phenoxy) is 2. The van der Waals surface area contributed by atoms with E-state index in [1.807, 2.05) is 14.1 Å². The number of benzene rings is 1. The first-order chi connectivity index (χ1) is 34.0. The lowest BCUT2D eigenvalue weighted by Crippen LogP contribution is -2.49. The van der Waals surface area contributed by atoms with Crippen molar-refractivity contribution < 1.29 is 19.0 Å². The predicted molar refractivity (Wildman–Crippen MR) is 255 cm³/mol. The highest BCUT2D eigenvalue weighted by Crippen LogP contribution is 2.37. The fourth-order valence-corrected chi connectivity index (χ4v) is 8.88. The zero-order valence-electron chi connectivity index (χ0n) is 40.7. The maximum atomic E-state index is 13.1. The van der Waals surface area contributed by atoms with Crippen molar-refractivity contribution in [1.29, 1.82) is 0 Å². The highest BCUT2D eigenvalue weighted by atomic mass is 19.1. The van der Waals surface area contributed by atoms with Crippen LogP contribution in [-0.4, -0.2) is 136 Å². The Hall–Kier alpha value is -7.55. The van der Waals surface area contributed by atoms with Crippen molar-refractivity contribution in [2.45, 2.75) is 96.5 Å². The minimum atomic E-state index is -0.700. The minimum absolute atomic E-state index is 0.143. The minimum Gasteiger partial charge on any atom is -0.396 e. The number of fused-ring (bicyclic) bond motifs is 2. The number of epoxide rings is 1. The van der Waals surface area contributed by atoms with Crippen molar-refractivity contribution in [1.82, 2.24) is 87.5 Å². The van der Waals surface area contributed by atoms with Crippen molar-refractivity contribution in [3.05, 3.63) is 134 Å². The largest absolute Gasteiger partial charge is 0.396 e. The van der Waals surface area contributed by atoms with Gasteiger partial charge in [0.1, 0.15) is 29.4 Å². The molecule has 0 saturated carbocycles. The monoisotopic (exact) mass is 981 g/mol. The summed E-state index contributed by atoms with van der Waals surface area (Å²) in [6, 6.07) is 7.15. The van der Waals surface area contributed by atoms with Crippen LogP contribution in [0.2, 0.25) is 0 Å². The molecule has 71 heavy (non-hydrogen) atoms. The lowest BCUT2D eigenvalue weighted by atomic mass is 9.99. The molecule has 7 aromatic heterocycles. The van der Waals surface area contributed by atoms with Crippen molar-refractivity contribution in [2.75, 3.05) is 18.9 Å². The second-order valence-electron chi connectivity index (χ2n) is 17.9. The van der Waals surface area contributed by atoms with Gasteiger partial charge in [0.05, 0.1) is 86.0 Å². The average Bonchev–Trinajstić information content (AvgIpc) is 4.00. The third kappa shape index (κ3) is 12.3. The van der Waals surface area contributed by atoms with Gasteiger partial charge < -0.3 is 20.3 Å². The Kier molecular flexibility index (Phi) is 15.2. The number of nitrogen functional groups attached to an aromatic ring is 1. The molecule has 2 unspecified atom stereocenters. The first kappa shape index (κ1) is 49.9. The Labute approximate surface area is 406 Å². The molecular weight excluding hydrogens is 922 g/mol. The van der Waals surface area contributed by atoms with Gasteiger partial charge in [0, 0.05) is 71.6 Å². The summed E-state index contributed by atoms with van der Waals surface area (Å²) in [4.78, 5) is 38.6. The molecule has 378 valence electrons. The average molecular weight is 982 g/mol. The SMILES string of the molecule is Cc1n[nH]c(=O)n1-c1cnn(C)c1.Cc1nn(C[C@H](O)CN2C3CCC2CC(OCc2ccc(F)cc2)C3)c(=O)n1-c1cnn(C)c1.Cc1nn(C[C@H]2CO2)c(=O)n1-c1cnn(C)c1.Cn1cc(N)cn1. The van der Waals surface area contributed by atoms with Gasteiger partial charge in [-0.1, -0.05) is 12.1 Å². The van der Waals surface area contributed by atoms with E-state index in [-0.39, 0.29) is 41.6 Å². The summed E-state index contributed by atoms with van der Waals surface area (Å²) in [5.74, 6) is 1.60. The van der Waals surface area contributed by atoms with E-state index in [9.17, 15) is 23.9 Å². The number of rotatable bonds is 12. The van der Waals surface area contributed by atoms with Crippen LogP contribution in [0, 0.1) is 26.6 Å². The van der Waals surface area contributed by atoms with Crippen LogP contribution in [0.5, 0.6) is 0 Å². The number of anilines is 1. The molecule has 11 rings (SSSR count). The van der Waals surface area contributed by atoms with Gasteiger partial charge in [-0.15, -0.1) is 0 Å². The molecule has 26 heteroatoms. The third-order valence-electron chi connectivity index (χ3n) is 12.2. The molecule has 3 aliphatic heterocycles. The molecule has 25 nitrogen and oxygen atoms in total. The van der Waals surface area contributed by atoms with Crippen LogP contribution in [0.3, 0.4) is 0 Å². The van der Waals surface area contributed by atoms with Gasteiger partial charge in [0.25, 0.3) is 0 Å². The molecule has 8 aromatic rings. The summed E-state index contributed by atoms with van der Waals surface area (Å²) in [5, 5.41) is 41.5. The van der Waals surface area contributed by atoms with Crippen molar-refractivity contribution in [2.24, 2.45) is 28.2 Å².